The lowest BCUT2D eigenvalue weighted by atomic mass is 9.49. The van der Waals surface area contributed by atoms with Crippen LogP contribution in [-0.4, -0.2) is 28.7 Å². The molecule has 18 heavy (non-hydrogen) atoms. The summed E-state index contributed by atoms with van der Waals surface area (Å²) in [5.74, 6) is 0.246. The Bertz CT molecular complexity index is 408. The highest BCUT2D eigenvalue weighted by molar-refractivity contribution is 5.97. The van der Waals surface area contributed by atoms with Crippen molar-refractivity contribution in [3.63, 3.8) is 0 Å². The molecular formula is C15H24O3. The van der Waals surface area contributed by atoms with Gasteiger partial charge in [0.1, 0.15) is 0 Å². The average molecular weight is 252 g/mol. The third-order valence-electron chi connectivity index (χ3n) is 5.57. The van der Waals surface area contributed by atoms with Crippen LogP contribution < -0.4 is 0 Å². The summed E-state index contributed by atoms with van der Waals surface area (Å²) in [4.78, 5) is 12.1. The van der Waals surface area contributed by atoms with Crippen molar-refractivity contribution in [2.75, 3.05) is 6.61 Å². The summed E-state index contributed by atoms with van der Waals surface area (Å²) >= 11 is 0. The molecule has 2 aliphatic carbocycles. The minimum atomic E-state index is -0.360. The molecule has 3 unspecified atom stereocenters. The molecule has 0 spiro atoms. The molecule has 0 saturated heterocycles. The number of aliphatic hydroxyl groups excluding tert-OH is 2. The van der Waals surface area contributed by atoms with E-state index in [1.165, 1.54) is 0 Å². The molecule has 0 radical (unpaired) electrons. The van der Waals surface area contributed by atoms with Crippen molar-refractivity contribution in [1.29, 1.82) is 0 Å². The minimum absolute atomic E-state index is 0.0449. The van der Waals surface area contributed by atoms with Crippen LogP contribution in [0.3, 0.4) is 0 Å². The van der Waals surface area contributed by atoms with Crippen LogP contribution in [0.4, 0.5) is 0 Å². The zero-order valence-corrected chi connectivity index (χ0v) is 11.8. The molecule has 0 aromatic rings. The lowest BCUT2D eigenvalue weighted by Crippen LogP contribution is -2.53. The SMILES string of the molecule is CC1=C(CO)C2(C)CCC(O)C(C)(C)C2CC1=O. The first-order chi connectivity index (χ1) is 8.25. The molecule has 1 saturated carbocycles. The summed E-state index contributed by atoms with van der Waals surface area (Å²) in [6, 6.07) is 0. The molecule has 2 rings (SSSR count). The maximum Gasteiger partial charge on any atom is 0.158 e. The Balaban J connectivity index is 2.54. The maximum atomic E-state index is 12.1. The summed E-state index contributed by atoms with van der Waals surface area (Å²) in [7, 11) is 0. The second-order valence-electron chi connectivity index (χ2n) is 6.73. The van der Waals surface area contributed by atoms with Gasteiger partial charge in [-0.05, 0) is 47.7 Å². The van der Waals surface area contributed by atoms with Crippen LogP contribution in [0.1, 0.15) is 47.0 Å². The molecule has 0 aliphatic heterocycles. The molecule has 0 aromatic heterocycles. The number of hydrogen-bond acceptors (Lipinski definition) is 3. The highest BCUT2D eigenvalue weighted by Gasteiger charge is 2.55. The monoisotopic (exact) mass is 252 g/mol. The van der Waals surface area contributed by atoms with Crippen molar-refractivity contribution >= 4 is 5.78 Å². The van der Waals surface area contributed by atoms with Gasteiger partial charge in [0.15, 0.2) is 5.78 Å². The third kappa shape index (κ3) is 1.68. The van der Waals surface area contributed by atoms with Gasteiger partial charge in [0, 0.05) is 6.42 Å². The van der Waals surface area contributed by atoms with Gasteiger partial charge in [-0.1, -0.05) is 20.8 Å². The number of ketones is 1. The number of hydrogen-bond donors (Lipinski definition) is 2. The van der Waals surface area contributed by atoms with Gasteiger partial charge in [-0.15, -0.1) is 0 Å². The first-order valence-corrected chi connectivity index (χ1v) is 6.77. The van der Waals surface area contributed by atoms with Crippen LogP contribution in [0.15, 0.2) is 11.1 Å². The minimum Gasteiger partial charge on any atom is -0.393 e. The Morgan fingerprint density at radius 2 is 1.94 bits per heavy atom. The molecule has 3 heteroatoms. The predicted octanol–water partition coefficient (Wildman–Crippen LogP) is 2.07. The van der Waals surface area contributed by atoms with Crippen molar-refractivity contribution in [3.05, 3.63) is 11.1 Å². The van der Waals surface area contributed by atoms with Crippen molar-refractivity contribution < 1.29 is 15.0 Å². The van der Waals surface area contributed by atoms with E-state index in [9.17, 15) is 15.0 Å². The molecule has 0 bridgehead atoms. The number of aliphatic hydroxyl groups is 2. The second-order valence-corrected chi connectivity index (χ2v) is 6.73. The van der Waals surface area contributed by atoms with E-state index >= 15 is 0 Å². The lowest BCUT2D eigenvalue weighted by Gasteiger charge is -2.56. The first kappa shape index (κ1) is 13.8. The number of allylic oxidation sites excluding steroid dienone is 1. The van der Waals surface area contributed by atoms with Crippen molar-refractivity contribution in [3.8, 4) is 0 Å². The Kier molecular flexibility index (Phi) is 3.19. The second kappa shape index (κ2) is 4.17. The van der Waals surface area contributed by atoms with Crippen LogP contribution in [-0.2, 0) is 4.79 Å². The maximum absolute atomic E-state index is 12.1. The Labute approximate surface area is 109 Å². The summed E-state index contributed by atoms with van der Waals surface area (Å²) in [5, 5.41) is 19.9. The lowest BCUT2D eigenvalue weighted by molar-refractivity contribution is -0.129. The summed E-state index contributed by atoms with van der Waals surface area (Å²) < 4.78 is 0. The van der Waals surface area contributed by atoms with E-state index in [4.69, 9.17) is 0 Å². The molecule has 0 heterocycles. The molecule has 0 aromatic carbocycles. The van der Waals surface area contributed by atoms with Gasteiger partial charge in [-0.2, -0.15) is 0 Å². The van der Waals surface area contributed by atoms with E-state index in [-0.39, 0.29) is 35.2 Å². The quantitative estimate of drug-likeness (QED) is 0.751. The fraction of sp³-hybridized carbons (Fsp3) is 0.800. The van der Waals surface area contributed by atoms with Crippen LogP contribution in [0.25, 0.3) is 0 Å². The highest BCUT2D eigenvalue weighted by atomic mass is 16.3. The summed E-state index contributed by atoms with van der Waals surface area (Å²) in [6.07, 6.45) is 1.73. The first-order valence-electron chi connectivity index (χ1n) is 6.77. The fourth-order valence-electron chi connectivity index (χ4n) is 4.12. The topological polar surface area (TPSA) is 57.5 Å². The van der Waals surface area contributed by atoms with Crippen LogP contribution in [0.5, 0.6) is 0 Å². The van der Waals surface area contributed by atoms with Gasteiger partial charge in [0.25, 0.3) is 0 Å². The number of carbonyl (C=O) groups excluding carboxylic acids is 1. The molecule has 3 atom stereocenters. The van der Waals surface area contributed by atoms with E-state index in [0.29, 0.717) is 6.42 Å². The van der Waals surface area contributed by atoms with Crippen LogP contribution >= 0.6 is 0 Å². The van der Waals surface area contributed by atoms with E-state index in [0.717, 1.165) is 24.0 Å². The molecule has 3 nitrogen and oxygen atoms in total. The highest BCUT2D eigenvalue weighted by Crippen LogP contribution is 2.58. The fourth-order valence-corrected chi connectivity index (χ4v) is 4.12. The zero-order valence-electron chi connectivity index (χ0n) is 11.8. The molecule has 102 valence electrons. The van der Waals surface area contributed by atoms with E-state index in [1.54, 1.807) is 0 Å². The number of Topliss-reactive ketones (excluding diaryl/α,β-unsaturated/α-hetero) is 1. The van der Waals surface area contributed by atoms with Crippen LogP contribution in [0, 0.1) is 16.7 Å². The zero-order chi connectivity index (χ0) is 13.7. The molecule has 0 amide bonds. The van der Waals surface area contributed by atoms with Gasteiger partial charge in [0.05, 0.1) is 12.7 Å². The Morgan fingerprint density at radius 3 is 2.50 bits per heavy atom. The van der Waals surface area contributed by atoms with E-state index in [2.05, 4.69) is 6.92 Å². The smallest absolute Gasteiger partial charge is 0.158 e. The van der Waals surface area contributed by atoms with Gasteiger partial charge in [0.2, 0.25) is 0 Å². The van der Waals surface area contributed by atoms with Crippen molar-refractivity contribution in [2.24, 2.45) is 16.7 Å². The summed E-state index contributed by atoms with van der Waals surface area (Å²) in [6.45, 7) is 8.02. The standard InChI is InChI=1S/C15H24O3/c1-9-10(8-16)15(4)6-5-13(18)14(2,3)12(15)7-11(9)17/h12-13,16,18H,5-8H2,1-4H3. The normalized spacial score (nSPS) is 39.8. The van der Waals surface area contributed by atoms with Gasteiger partial charge >= 0.3 is 0 Å². The van der Waals surface area contributed by atoms with Gasteiger partial charge in [-0.25, -0.2) is 0 Å². The van der Waals surface area contributed by atoms with Crippen LogP contribution in [0.2, 0.25) is 0 Å². The largest absolute Gasteiger partial charge is 0.393 e. The van der Waals surface area contributed by atoms with Crippen molar-refractivity contribution in [1.82, 2.24) is 0 Å². The molecule has 1 fully saturated rings. The Morgan fingerprint density at radius 1 is 1.33 bits per heavy atom. The van der Waals surface area contributed by atoms with Gasteiger partial charge in [-0.3, -0.25) is 4.79 Å². The molecule has 2 aliphatic rings. The molecular weight excluding hydrogens is 228 g/mol. The predicted molar refractivity (Wildman–Crippen MR) is 70.0 cm³/mol. The Hall–Kier alpha value is -0.670. The van der Waals surface area contributed by atoms with E-state index < -0.39 is 0 Å². The van der Waals surface area contributed by atoms with E-state index in [1.807, 2.05) is 20.8 Å². The molecule has 2 N–H and O–H groups in total. The van der Waals surface area contributed by atoms with Crippen molar-refractivity contribution in [2.45, 2.75) is 53.1 Å². The number of carbonyl (C=O) groups is 1. The third-order valence-corrected chi connectivity index (χ3v) is 5.57. The summed E-state index contributed by atoms with van der Waals surface area (Å²) in [5.41, 5.74) is 1.21. The number of fused-ring (bicyclic) bond motifs is 1. The average Bonchev–Trinajstić information content (AvgIpc) is 2.30. The number of rotatable bonds is 1. The van der Waals surface area contributed by atoms with Gasteiger partial charge < -0.3 is 10.2 Å².